The Morgan fingerprint density at radius 3 is 2.67 bits per heavy atom. The number of imidazole rings is 1. The number of alkyl halides is 3. The topological polar surface area (TPSA) is 43.8 Å². The van der Waals surface area contributed by atoms with Crippen LogP contribution in [0.4, 0.5) is 13.2 Å². The molecule has 0 fully saturated rings. The molecule has 96 valence electrons. The number of nitrogens with two attached hydrogens (primary N) is 1. The fourth-order valence-corrected chi connectivity index (χ4v) is 2.00. The second kappa shape index (κ2) is 4.74. The largest absolute Gasteiger partial charge is 0.416 e. The van der Waals surface area contributed by atoms with Gasteiger partial charge in [-0.1, -0.05) is 0 Å². The summed E-state index contributed by atoms with van der Waals surface area (Å²) in [4.78, 5) is 3.88. The van der Waals surface area contributed by atoms with Gasteiger partial charge in [-0.15, -0.1) is 0 Å². The fourth-order valence-electron chi connectivity index (χ4n) is 1.56. The van der Waals surface area contributed by atoms with E-state index >= 15 is 0 Å². The lowest BCUT2D eigenvalue weighted by Gasteiger charge is -2.13. The molecule has 0 unspecified atom stereocenters. The molecule has 0 amide bonds. The SMILES string of the molecule is NCc1cncn1-c1cc(C(F)(F)F)ccc1Br. The number of hydrogen-bond donors (Lipinski definition) is 1. The minimum Gasteiger partial charge on any atom is -0.325 e. The van der Waals surface area contributed by atoms with Crippen molar-refractivity contribution < 1.29 is 13.2 Å². The third-order valence-electron chi connectivity index (χ3n) is 2.46. The maximum atomic E-state index is 12.7. The van der Waals surface area contributed by atoms with Gasteiger partial charge in [0.05, 0.1) is 23.3 Å². The summed E-state index contributed by atoms with van der Waals surface area (Å²) in [5, 5.41) is 0. The van der Waals surface area contributed by atoms with Gasteiger partial charge in [-0.25, -0.2) is 4.98 Å². The van der Waals surface area contributed by atoms with Gasteiger partial charge >= 0.3 is 6.18 Å². The van der Waals surface area contributed by atoms with E-state index in [4.69, 9.17) is 5.73 Å². The summed E-state index contributed by atoms with van der Waals surface area (Å²) in [6, 6.07) is 3.44. The first kappa shape index (κ1) is 13.1. The van der Waals surface area contributed by atoms with Gasteiger partial charge in [-0.2, -0.15) is 13.2 Å². The molecule has 1 aromatic heterocycles. The standard InChI is InChI=1S/C11H9BrF3N3/c12-9-2-1-7(11(13,14)15)3-10(9)18-6-17-5-8(18)4-16/h1-3,5-6H,4,16H2. The molecule has 0 saturated heterocycles. The van der Waals surface area contributed by atoms with Crippen molar-refractivity contribution in [2.75, 3.05) is 0 Å². The minimum absolute atomic E-state index is 0.197. The van der Waals surface area contributed by atoms with Crippen molar-refractivity contribution in [3.05, 3.63) is 46.5 Å². The lowest BCUT2D eigenvalue weighted by molar-refractivity contribution is -0.137. The van der Waals surface area contributed by atoms with E-state index in [9.17, 15) is 13.2 Å². The van der Waals surface area contributed by atoms with Crippen LogP contribution in [0.5, 0.6) is 0 Å². The van der Waals surface area contributed by atoms with E-state index in [1.54, 1.807) is 0 Å². The quantitative estimate of drug-likeness (QED) is 0.924. The first-order valence-corrected chi connectivity index (χ1v) is 5.81. The molecule has 0 spiro atoms. The normalized spacial score (nSPS) is 11.8. The van der Waals surface area contributed by atoms with Gasteiger partial charge in [0, 0.05) is 17.2 Å². The average molecular weight is 320 g/mol. The molecular weight excluding hydrogens is 311 g/mol. The Bertz CT molecular complexity index is 563. The van der Waals surface area contributed by atoms with Gasteiger partial charge in [0.25, 0.3) is 0 Å². The Morgan fingerprint density at radius 2 is 2.06 bits per heavy atom. The Balaban J connectivity index is 2.57. The summed E-state index contributed by atoms with van der Waals surface area (Å²) in [6.45, 7) is 0.197. The molecule has 0 bridgehead atoms. The van der Waals surface area contributed by atoms with Crippen LogP contribution in [0.3, 0.4) is 0 Å². The van der Waals surface area contributed by atoms with Crippen LogP contribution in [0.1, 0.15) is 11.3 Å². The number of benzene rings is 1. The van der Waals surface area contributed by atoms with Crippen molar-refractivity contribution in [1.82, 2.24) is 9.55 Å². The highest BCUT2D eigenvalue weighted by Crippen LogP contribution is 2.33. The zero-order chi connectivity index (χ0) is 13.3. The molecule has 3 nitrogen and oxygen atoms in total. The summed E-state index contributed by atoms with van der Waals surface area (Å²) in [5.41, 5.74) is 5.80. The number of halogens is 4. The summed E-state index contributed by atoms with van der Waals surface area (Å²) < 4.78 is 40.0. The zero-order valence-corrected chi connectivity index (χ0v) is 10.7. The van der Waals surface area contributed by atoms with Gasteiger partial charge in [-0.05, 0) is 34.1 Å². The molecular formula is C11H9BrF3N3. The number of aromatic nitrogens is 2. The van der Waals surface area contributed by atoms with Crippen LogP contribution in [0.25, 0.3) is 5.69 Å². The first-order valence-electron chi connectivity index (χ1n) is 5.02. The predicted octanol–water partition coefficient (Wildman–Crippen LogP) is 3.11. The molecule has 2 aromatic rings. The molecule has 1 heterocycles. The highest BCUT2D eigenvalue weighted by molar-refractivity contribution is 9.10. The van der Waals surface area contributed by atoms with Crippen LogP contribution in [-0.4, -0.2) is 9.55 Å². The fraction of sp³-hybridized carbons (Fsp3) is 0.182. The van der Waals surface area contributed by atoms with Crippen molar-refractivity contribution in [1.29, 1.82) is 0 Å². The second-order valence-corrected chi connectivity index (χ2v) is 4.48. The average Bonchev–Trinajstić information content (AvgIpc) is 2.76. The van der Waals surface area contributed by atoms with E-state index in [1.807, 2.05) is 0 Å². The molecule has 0 aliphatic heterocycles. The Labute approximate surface area is 110 Å². The van der Waals surface area contributed by atoms with Crippen LogP contribution < -0.4 is 5.73 Å². The lowest BCUT2D eigenvalue weighted by Crippen LogP contribution is -2.09. The predicted molar refractivity (Wildman–Crippen MR) is 64.2 cm³/mol. The van der Waals surface area contributed by atoms with Crippen molar-refractivity contribution in [2.24, 2.45) is 5.73 Å². The van der Waals surface area contributed by atoms with E-state index < -0.39 is 11.7 Å². The van der Waals surface area contributed by atoms with Crippen molar-refractivity contribution in [2.45, 2.75) is 12.7 Å². The number of nitrogens with zero attached hydrogens (tertiary/aromatic N) is 2. The van der Waals surface area contributed by atoms with Crippen molar-refractivity contribution >= 4 is 15.9 Å². The Kier molecular flexibility index (Phi) is 3.45. The van der Waals surface area contributed by atoms with E-state index in [2.05, 4.69) is 20.9 Å². The molecule has 0 aliphatic carbocycles. The van der Waals surface area contributed by atoms with Gasteiger partial charge in [0.1, 0.15) is 0 Å². The van der Waals surface area contributed by atoms with Crippen LogP contribution in [0.15, 0.2) is 35.2 Å². The molecule has 0 saturated carbocycles. The van der Waals surface area contributed by atoms with E-state index in [0.717, 1.165) is 12.1 Å². The molecule has 2 N–H and O–H groups in total. The molecule has 0 aliphatic rings. The highest BCUT2D eigenvalue weighted by atomic mass is 79.9. The Morgan fingerprint density at radius 1 is 1.33 bits per heavy atom. The van der Waals surface area contributed by atoms with Crippen LogP contribution in [0, 0.1) is 0 Å². The number of hydrogen-bond acceptors (Lipinski definition) is 2. The van der Waals surface area contributed by atoms with E-state index in [0.29, 0.717) is 15.9 Å². The van der Waals surface area contributed by atoms with E-state index in [-0.39, 0.29) is 6.54 Å². The van der Waals surface area contributed by atoms with E-state index in [1.165, 1.54) is 23.2 Å². The highest BCUT2D eigenvalue weighted by Gasteiger charge is 2.31. The van der Waals surface area contributed by atoms with Gasteiger partial charge < -0.3 is 10.3 Å². The molecule has 1 aromatic carbocycles. The van der Waals surface area contributed by atoms with Gasteiger partial charge in [0.15, 0.2) is 0 Å². The second-order valence-electron chi connectivity index (χ2n) is 3.62. The minimum atomic E-state index is -4.38. The third kappa shape index (κ3) is 2.41. The maximum absolute atomic E-state index is 12.7. The van der Waals surface area contributed by atoms with Crippen LogP contribution in [0.2, 0.25) is 0 Å². The lowest BCUT2D eigenvalue weighted by atomic mass is 10.2. The van der Waals surface area contributed by atoms with Crippen LogP contribution in [-0.2, 0) is 12.7 Å². The molecule has 0 radical (unpaired) electrons. The zero-order valence-electron chi connectivity index (χ0n) is 9.08. The Hall–Kier alpha value is -1.34. The molecule has 0 atom stereocenters. The molecule has 2 rings (SSSR count). The first-order chi connectivity index (χ1) is 8.43. The summed E-state index contributed by atoms with van der Waals surface area (Å²) in [5.74, 6) is 0. The smallest absolute Gasteiger partial charge is 0.325 e. The molecule has 18 heavy (non-hydrogen) atoms. The summed E-state index contributed by atoms with van der Waals surface area (Å²) >= 11 is 3.23. The number of rotatable bonds is 2. The summed E-state index contributed by atoms with van der Waals surface area (Å²) in [7, 11) is 0. The van der Waals surface area contributed by atoms with Gasteiger partial charge in [-0.3, -0.25) is 0 Å². The summed E-state index contributed by atoms with van der Waals surface area (Å²) in [6.07, 6.45) is -1.42. The van der Waals surface area contributed by atoms with Crippen LogP contribution >= 0.6 is 15.9 Å². The van der Waals surface area contributed by atoms with Crippen molar-refractivity contribution in [3.8, 4) is 5.69 Å². The van der Waals surface area contributed by atoms with Crippen molar-refractivity contribution in [3.63, 3.8) is 0 Å². The third-order valence-corrected chi connectivity index (χ3v) is 3.13. The van der Waals surface area contributed by atoms with Gasteiger partial charge in [0.2, 0.25) is 0 Å². The monoisotopic (exact) mass is 319 g/mol. The molecule has 7 heteroatoms. The maximum Gasteiger partial charge on any atom is 0.416 e.